The van der Waals surface area contributed by atoms with Gasteiger partial charge in [-0.15, -0.1) is 0 Å². The number of carbonyl (C=O) groups excluding carboxylic acids is 1. The molecule has 0 amide bonds. The third-order valence-electron chi connectivity index (χ3n) is 5.79. The Morgan fingerprint density at radius 3 is 2.61 bits per heavy atom. The summed E-state index contributed by atoms with van der Waals surface area (Å²) in [7, 11) is 0. The molecule has 7 heteroatoms. The van der Waals surface area contributed by atoms with E-state index in [1.165, 1.54) is 12.1 Å². The largest absolute Gasteiger partial charge is 0.494 e. The summed E-state index contributed by atoms with van der Waals surface area (Å²) in [6.45, 7) is 2.47. The number of allylic oxidation sites excluding steroid dienone is 1. The van der Waals surface area contributed by atoms with E-state index in [2.05, 4.69) is 0 Å². The van der Waals surface area contributed by atoms with Crippen LogP contribution in [0.25, 0.3) is 11.6 Å². The number of carbonyl (C=O) groups is 1. The van der Waals surface area contributed by atoms with Gasteiger partial charge in [0.15, 0.2) is 0 Å². The summed E-state index contributed by atoms with van der Waals surface area (Å²) in [5.74, 6) is -0.785. The Hall–Kier alpha value is -2.77. The fourth-order valence-electron chi connectivity index (χ4n) is 3.70. The SMILES string of the molecule is CC(N)(CN)C(=O)OCCCCCOc1ccc2c(c1)CCCC(c1ccc(F)cc1F)=C2. The number of aryl methyl sites for hydroxylation is 1. The molecule has 1 atom stereocenters. The molecule has 4 N–H and O–H groups in total. The Balaban J connectivity index is 1.48. The normalized spacial score (nSPS) is 15.1. The monoisotopic (exact) mass is 458 g/mol. The van der Waals surface area contributed by atoms with Crippen molar-refractivity contribution in [3.63, 3.8) is 0 Å². The summed E-state index contributed by atoms with van der Waals surface area (Å²) in [4.78, 5) is 11.8. The predicted molar refractivity (Wildman–Crippen MR) is 126 cm³/mol. The highest BCUT2D eigenvalue weighted by molar-refractivity contribution is 5.83. The minimum atomic E-state index is -1.14. The molecule has 0 aromatic heterocycles. The Kier molecular flexibility index (Phi) is 8.58. The minimum Gasteiger partial charge on any atom is -0.494 e. The van der Waals surface area contributed by atoms with E-state index in [1.807, 2.05) is 24.3 Å². The van der Waals surface area contributed by atoms with Gasteiger partial charge in [0.25, 0.3) is 0 Å². The lowest BCUT2D eigenvalue weighted by atomic mass is 10.00. The highest BCUT2D eigenvalue weighted by Gasteiger charge is 2.28. The first-order valence-electron chi connectivity index (χ1n) is 11.4. The molecule has 2 aromatic rings. The number of fused-ring (bicyclic) bond motifs is 1. The number of esters is 1. The maximum Gasteiger partial charge on any atom is 0.327 e. The summed E-state index contributed by atoms with van der Waals surface area (Å²) in [5, 5.41) is 0. The molecule has 3 rings (SSSR count). The summed E-state index contributed by atoms with van der Waals surface area (Å²) in [6.07, 6.45) is 6.88. The van der Waals surface area contributed by atoms with Crippen LogP contribution in [0.1, 0.15) is 55.7 Å². The highest BCUT2D eigenvalue weighted by atomic mass is 19.1. The first-order valence-corrected chi connectivity index (χ1v) is 11.4. The van der Waals surface area contributed by atoms with Gasteiger partial charge in [0.2, 0.25) is 0 Å². The standard InChI is InChI=1S/C26H32F2N2O3/c1-26(30,17-29)25(31)33-13-4-2-3-12-32-22-10-8-19-14-20(7-5-6-18(19)15-22)23-11-9-21(27)16-24(23)28/h8-11,14-16H,2-7,12-13,17,29-30H2,1H3. The average molecular weight is 459 g/mol. The first kappa shape index (κ1) is 24.9. The first-order chi connectivity index (χ1) is 15.8. The van der Waals surface area contributed by atoms with E-state index in [-0.39, 0.29) is 6.54 Å². The maximum atomic E-state index is 14.2. The Labute approximate surface area is 193 Å². The highest BCUT2D eigenvalue weighted by Crippen LogP contribution is 2.32. The van der Waals surface area contributed by atoms with Crippen molar-refractivity contribution in [2.24, 2.45) is 11.5 Å². The van der Waals surface area contributed by atoms with Crippen LogP contribution in [0.3, 0.4) is 0 Å². The lowest BCUT2D eigenvalue weighted by Gasteiger charge is -2.20. The molecule has 0 aliphatic heterocycles. The Morgan fingerprint density at radius 1 is 1.06 bits per heavy atom. The molecule has 0 fully saturated rings. The van der Waals surface area contributed by atoms with Gasteiger partial charge >= 0.3 is 5.97 Å². The van der Waals surface area contributed by atoms with Crippen molar-refractivity contribution < 1.29 is 23.0 Å². The molecule has 178 valence electrons. The van der Waals surface area contributed by atoms with E-state index in [0.29, 0.717) is 18.8 Å². The molecule has 0 saturated heterocycles. The third-order valence-corrected chi connectivity index (χ3v) is 5.79. The molecule has 1 unspecified atom stereocenters. The molecule has 1 aliphatic carbocycles. The van der Waals surface area contributed by atoms with Crippen LogP contribution >= 0.6 is 0 Å². The second-order valence-electron chi connectivity index (χ2n) is 8.67. The van der Waals surface area contributed by atoms with Gasteiger partial charge in [-0.3, -0.25) is 4.79 Å². The van der Waals surface area contributed by atoms with Crippen LogP contribution in [0.15, 0.2) is 36.4 Å². The van der Waals surface area contributed by atoms with Gasteiger partial charge in [0.1, 0.15) is 22.9 Å². The van der Waals surface area contributed by atoms with Gasteiger partial charge < -0.3 is 20.9 Å². The summed E-state index contributed by atoms with van der Waals surface area (Å²) < 4.78 is 38.5. The quantitative estimate of drug-likeness (QED) is 0.401. The fraction of sp³-hybridized carbons (Fsp3) is 0.423. The van der Waals surface area contributed by atoms with Crippen molar-refractivity contribution in [2.45, 2.75) is 51.0 Å². The molecule has 1 aliphatic rings. The molecule has 0 radical (unpaired) electrons. The zero-order chi connectivity index (χ0) is 23.8. The second-order valence-corrected chi connectivity index (χ2v) is 8.67. The summed E-state index contributed by atoms with van der Waals surface area (Å²) in [5.41, 5.74) is 13.6. The molecule has 33 heavy (non-hydrogen) atoms. The maximum absolute atomic E-state index is 14.2. The lowest BCUT2D eigenvalue weighted by Crippen LogP contribution is -2.52. The molecule has 0 heterocycles. The predicted octanol–water partition coefficient (Wildman–Crippen LogP) is 4.61. The number of halogens is 2. The van der Waals surface area contributed by atoms with Crippen molar-refractivity contribution in [2.75, 3.05) is 19.8 Å². The van der Waals surface area contributed by atoms with Crippen LogP contribution in [0.4, 0.5) is 8.78 Å². The Morgan fingerprint density at radius 2 is 1.85 bits per heavy atom. The van der Waals surface area contributed by atoms with Crippen molar-refractivity contribution >= 4 is 17.6 Å². The molecular weight excluding hydrogens is 426 g/mol. The van der Waals surface area contributed by atoms with Crippen LogP contribution < -0.4 is 16.2 Å². The lowest BCUT2D eigenvalue weighted by molar-refractivity contribution is -0.149. The number of rotatable bonds is 10. The van der Waals surface area contributed by atoms with Crippen LogP contribution in [-0.2, 0) is 16.0 Å². The average Bonchev–Trinajstić information content (AvgIpc) is 3.00. The van der Waals surface area contributed by atoms with Crippen molar-refractivity contribution in [3.05, 3.63) is 64.7 Å². The van der Waals surface area contributed by atoms with E-state index in [0.717, 1.165) is 67.0 Å². The second kappa shape index (κ2) is 11.4. The molecule has 5 nitrogen and oxygen atoms in total. The van der Waals surface area contributed by atoms with Crippen LogP contribution in [0, 0.1) is 11.6 Å². The van der Waals surface area contributed by atoms with Crippen molar-refractivity contribution in [1.29, 1.82) is 0 Å². The molecular formula is C26H32F2N2O3. The van der Waals surface area contributed by atoms with Crippen molar-refractivity contribution in [3.8, 4) is 5.75 Å². The van der Waals surface area contributed by atoms with E-state index in [9.17, 15) is 13.6 Å². The zero-order valence-corrected chi connectivity index (χ0v) is 19.0. The number of hydrogen-bond donors (Lipinski definition) is 2. The van der Waals surface area contributed by atoms with Crippen molar-refractivity contribution in [1.82, 2.24) is 0 Å². The molecule has 2 aromatic carbocycles. The summed E-state index contributed by atoms with van der Waals surface area (Å²) in [6, 6.07) is 9.66. The minimum absolute atomic E-state index is 0.0423. The van der Waals surface area contributed by atoms with Gasteiger partial charge in [-0.25, -0.2) is 8.78 Å². The Bertz CT molecular complexity index is 1010. The van der Waals surface area contributed by atoms with E-state index < -0.39 is 23.1 Å². The number of ether oxygens (including phenoxy) is 2. The van der Waals surface area contributed by atoms with Gasteiger partial charge in [-0.05, 0) is 86.4 Å². The van der Waals surface area contributed by atoms with Crippen LogP contribution in [-0.4, -0.2) is 31.3 Å². The number of nitrogens with two attached hydrogens (primary N) is 2. The van der Waals surface area contributed by atoms with Crippen LogP contribution in [0.5, 0.6) is 5.75 Å². The van der Waals surface area contributed by atoms with Crippen LogP contribution in [0.2, 0.25) is 0 Å². The summed E-state index contributed by atoms with van der Waals surface area (Å²) >= 11 is 0. The topological polar surface area (TPSA) is 87.6 Å². The molecule has 0 bridgehead atoms. The van der Waals surface area contributed by atoms with Gasteiger partial charge in [0, 0.05) is 18.2 Å². The molecule has 0 saturated carbocycles. The number of benzene rings is 2. The van der Waals surface area contributed by atoms with E-state index in [4.69, 9.17) is 20.9 Å². The third kappa shape index (κ3) is 6.85. The number of hydrogen-bond acceptors (Lipinski definition) is 5. The van der Waals surface area contributed by atoms with Gasteiger partial charge in [0.05, 0.1) is 13.2 Å². The van der Waals surface area contributed by atoms with E-state index >= 15 is 0 Å². The number of unbranched alkanes of at least 4 members (excludes halogenated alkanes) is 2. The zero-order valence-electron chi connectivity index (χ0n) is 19.0. The fourth-order valence-corrected chi connectivity index (χ4v) is 3.70. The molecule has 0 spiro atoms. The van der Waals surface area contributed by atoms with E-state index in [1.54, 1.807) is 6.92 Å². The smallest absolute Gasteiger partial charge is 0.327 e. The van der Waals surface area contributed by atoms with Gasteiger partial charge in [-0.1, -0.05) is 12.1 Å². The van der Waals surface area contributed by atoms with Gasteiger partial charge in [-0.2, -0.15) is 0 Å².